The fourth-order valence-electron chi connectivity index (χ4n) is 4.10. The highest BCUT2D eigenvalue weighted by atomic mass is 32.2. The third-order valence-electron chi connectivity index (χ3n) is 5.60. The molecule has 1 aromatic heterocycles. The minimum absolute atomic E-state index is 0.0451. The second-order valence-corrected chi connectivity index (χ2v) is 11.7. The molecule has 1 amide bonds. The van der Waals surface area contributed by atoms with Crippen LogP contribution in [0.1, 0.15) is 54.0 Å². The van der Waals surface area contributed by atoms with Crippen molar-refractivity contribution in [2.24, 2.45) is 5.41 Å². The normalized spacial score (nSPS) is 21.4. The number of ketones is 1. The summed E-state index contributed by atoms with van der Waals surface area (Å²) in [6.45, 7) is 6.24. The molecule has 1 aliphatic heterocycles. The quantitative estimate of drug-likeness (QED) is 0.775. The van der Waals surface area contributed by atoms with Gasteiger partial charge in [0.15, 0.2) is 10.9 Å². The fourth-order valence-corrected chi connectivity index (χ4v) is 6.68. The van der Waals surface area contributed by atoms with Crippen molar-refractivity contribution in [1.82, 2.24) is 9.29 Å². The lowest BCUT2D eigenvalue weighted by Gasteiger charge is -2.26. The van der Waals surface area contributed by atoms with Crippen molar-refractivity contribution in [3.63, 3.8) is 0 Å². The molecule has 1 fully saturated rings. The zero-order chi connectivity index (χ0) is 21.7. The lowest BCUT2D eigenvalue weighted by molar-refractivity contribution is -0.119. The van der Waals surface area contributed by atoms with Crippen LogP contribution in [-0.2, 0) is 21.2 Å². The Kier molecular flexibility index (Phi) is 5.32. The van der Waals surface area contributed by atoms with Crippen molar-refractivity contribution in [2.75, 3.05) is 11.9 Å². The number of carbonyl (C=O) groups excluding carboxylic acids is 2. The van der Waals surface area contributed by atoms with Crippen LogP contribution in [0.15, 0.2) is 29.2 Å². The number of amides is 1. The molecule has 4 rings (SSSR count). The van der Waals surface area contributed by atoms with E-state index in [9.17, 15) is 18.0 Å². The van der Waals surface area contributed by atoms with E-state index in [0.717, 1.165) is 5.56 Å². The molecule has 2 aromatic rings. The van der Waals surface area contributed by atoms with Gasteiger partial charge >= 0.3 is 0 Å². The summed E-state index contributed by atoms with van der Waals surface area (Å²) < 4.78 is 27.4. The first kappa shape index (κ1) is 21.1. The second-order valence-electron chi connectivity index (χ2n) is 8.81. The highest BCUT2D eigenvalue weighted by molar-refractivity contribution is 7.89. The van der Waals surface area contributed by atoms with E-state index in [-0.39, 0.29) is 16.1 Å². The van der Waals surface area contributed by atoms with Crippen LogP contribution in [0.5, 0.6) is 0 Å². The van der Waals surface area contributed by atoms with Crippen LogP contribution in [0.2, 0.25) is 0 Å². The van der Waals surface area contributed by atoms with Crippen LogP contribution in [-0.4, -0.2) is 42.0 Å². The summed E-state index contributed by atoms with van der Waals surface area (Å²) in [7, 11) is -3.77. The summed E-state index contributed by atoms with van der Waals surface area (Å²) in [5.74, 6) is -0.357. The highest BCUT2D eigenvalue weighted by Gasteiger charge is 2.40. The van der Waals surface area contributed by atoms with Gasteiger partial charge in [-0.15, -0.1) is 0 Å². The van der Waals surface area contributed by atoms with Gasteiger partial charge in [-0.25, -0.2) is 13.4 Å². The zero-order valence-corrected chi connectivity index (χ0v) is 18.9. The molecule has 2 heterocycles. The number of hydrogen-bond donors (Lipinski definition) is 1. The number of sulfonamides is 1. The number of thiazole rings is 1. The Morgan fingerprint density at radius 3 is 2.63 bits per heavy atom. The molecule has 0 unspecified atom stereocenters. The molecule has 1 atom stereocenters. The Morgan fingerprint density at radius 1 is 1.23 bits per heavy atom. The van der Waals surface area contributed by atoms with Gasteiger partial charge in [0.05, 0.1) is 15.5 Å². The van der Waals surface area contributed by atoms with Gasteiger partial charge in [-0.1, -0.05) is 42.9 Å². The van der Waals surface area contributed by atoms with E-state index >= 15 is 0 Å². The molecule has 1 N–H and O–H groups in total. The fraction of sp³-hybridized carbons (Fsp3) is 0.476. The van der Waals surface area contributed by atoms with Crippen LogP contribution in [0, 0.1) is 12.3 Å². The van der Waals surface area contributed by atoms with Gasteiger partial charge in [-0.05, 0) is 43.7 Å². The van der Waals surface area contributed by atoms with Crippen molar-refractivity contribution in [1.29, 1.82) is 0 Å². The first-order valence-electron chi connectivity index (χ1n) is 9.99. The van der Waals surface area contributed by atoms with Crippen molar-refractivity contribution >= 4 is 38.2 Å². The molecular weight excluding hydrogens is 422 g/mol. The first-order chi connectivity index (χ1) is 14.1. The van der Waals surface area contributed by atoms with Gasteiger partial charge < -0.3 is 5.32 Å². The number of anilines is 1. The minimum Gasteiger partial charge on any atom is -0.301 e. The van der Waals surface area contributed by atoms with Crippen LogP contribution in [0.3, 0.4) is 0 Å². The monoisotopic (exact) mass is 447 g/mol. The van der Waals surface area contributed by atoms with Crippen LogP contribution < -0.4 is 5.32 Å². The number of benzene rings is 1. The largest absolute Gasteiger partial charge is 0.301 e. The number of aryl methyl sites for hydroxylation is 1. The molecule has 0 saturated carbocycles. The summed E-state index contributed by atoms with van der Waals surface area (Å²) >= 11 is 1.18. The number of hydrogen-bond acceptors (Lipinski definition) is 6. The molecule has 0 bridgehead atoms. The van der Waals surface area contributed by atoms with E-state index < -0.39 is 22.0 Å². The number of nitrogens with one attached hydrogen (secondary N) is 1. The smallest absolute Gasteiger partial charge is 0.244 e. The molecular formula is C21H25N3O4S2. The number of rotatable bonds is 4. The lowest BCUT2D eigenvalue weighted by atomic mass is 9.78. The van der Waals surface area contributed by atoms with Gasteiger partial charge in [0, 0.05) is 13.0 Å². The molecule has 30 heavy (non-hydrogen) atoms. The summed E-state index contributed by atoms with van der Waals surface area (Å²) in [5, 5.41) is 3.12. The standard InChI is InChI=1S/C21H25N3O4S2/c1-13-6-8-14(9-7-13)30(27,28)24-10-4-5-16(24)19(26)23-20-22-15-11-21(2,3)12-17(25)18(15)29-20/h6-9,16H,4-5,10-12H2,1-3H3,(H,22,23,26)/t16-/m0/s1. The van der Waals surface area contributed by atoms with Crippen LogP contribution in [0.4, 0.5) is 5.13 Å². The number of aromatic nitrogens is 1. The van der Waals surface area contributed by atoms with Crippen molar-refractivity contribution < 1.29 is 18.0 Å². The van der Waals surface area contributed by atoms with Crippen molar-refractivity contribution in [3.05, 3.63) is 40.4 Å². The van der Waals surface area contributed by atoms with Gasteiger partial charge in [0.2, 0.25) is 15.9 Å². The van der Waals surface area contributed by atoms with Gasteiger partial charge in [0.25, 0.3) is 0 Å². The molecule has 1 aliphatic carbocycles. The summed E-state index contributed by atoms with van der Waals surface area (Å²) in [4.78, 5) is 30.6. The lowest BCUT2D eigenvalue weighted by Crippen LogP contribution is -2.43. The van der Waals surface area contributed by atoms with E-state index in [4.69, 9.17) is 0 Å². The average Bonchev–Trinajstić information content (AvgIpc) is 3.28. The van der Waals surface area contributed by atoms with Gasteiger partial charge in [0.1, 0.15) is 6.04 Å². The number of fused-ring (bicyclic) bond motifs is 1. The van der Waals surface area contributed by atoms with Crippen molar-refractivity contribution in [2.45, 2.75) is 57.4 Å². The maximum Gasteiger partial charge on any atom is 0.244 e. The van der Waals surface area contributed by atoms with Crippen LogP contribution >= 0.6 is 11.3 Å². The average molecular weight is 448 g/mol. The zero-order valence-electron chi connectivity index (χ0n) is 17.3. The van der Waals surface area contributed by atoms with E-state index in [1.165, 1.54) is 15.6 Å². The molecule has 0 spiro atoms. The Labute approximate surface area is 180 Å². The number of Topliss-reactive ketones (excluding diaryl/α,β-unsaturated/α-hetero) is 1. The Bertz CT molecular complexity index is 1100. The summed E-state index contributed by atoms with van der Waals surface area (Å²) in [5.41, 5.74) is 1.53. The maximum atomic E-state index is 13.1. The number of carbonyl (C=O) groups is 2. The van der Waals surface area contributed by atoms with Crippen molar-refractivity contribution in [3.8, 4) is 0 Å². The van der Waals surface area contributed by atoms with E-state index in [2.05, 4.69) is 10.3 Å². The summed E-state index contributed by atoms with van der Waals surface area (Å²) in [6, 6.07) is 5.84. The topological polar surface area (TPSA) is 96.4 Å². The second kappa shape index (κ2) is 7.55. The molecule has 0 radical (unpaired) electrons. The molecule has 9 heteroatoms. The van der Waals surface area contributed by atoms with Crippen LogP contribution in [0.25, 0.3) is 0 Å². The third kappa shape index (κ3) is 3.93. The maximum absolute atomic E-state index is 13.1. The van der Waals surface area contributed by atoms with E-state index in [1.807, 2.05) is 20.8 Å². The summed E-state index contributed by atoms with van der Waals surface area (Å²) in [6.07, 6.45) is 2.21. The van der Waals surface area contributed by atoms with Gasteiger partial charge in [-0.3, -0.25) is 9.59 Å². The molecule has 1 aromatic carbocycles. The Balaban J connectivity index is 1.54. The minimum atomic E-state index is -3.77. The van der Waals surface area contributed by atoms with E-state index in [0.29, 0.717) is 47.9 Å². The SMILES string of the molecule is Cc1ccc(S(=O)(=O)N2CCC[C@H]2C(=O)Nc2nc3c(s2)C(=O)CC(C)(C)C3)cc1. The molecule has 1 saturated heterocycles. The predicted octanol–water partition coefficient (Wildman–Crippen LogP) is 3.40. The Morgan fingerprint density at radius 2 is 1.93 bits per heavy atom. The third-order valence-corrected chi connectivity index (χ3v) is 8.58. The molecule has 160 valence electrons. The predicted molar refractivity (Wildman–Crippen MR) is 115 cm³/mol. The highest BCUT2D eigenvalue weighted by Crippen LogP contribution is 2.38. The van der Waals surface area contributed by atoms with E-state index in [1.54, 1.807) is 24.3 Å². The Hall–Kier alpha value is -2.10. The number of nitrogens with zero attached hydrogens (tertiary/aromatic N) is 2. The van der Waals surface area contributed by atoms with Gasteiger partial charge in [-0.2, -0.15) is 4.31 Å². The molecule has 2 aliphatic rings. The molecule has 7 nitrogen and oxygen atoms in total. The first-order valence-corrected chi connectivity index (χ1v) is 12.2.